The first-order valence-electron chi connectivity index (χ1n) is 5.85. The van der Waals surface area contributed by atoms with E-state index < -0.39 is 59.4 Å². The predicted octanol–water partition coefficient (Wildman–Crippen LogP) is 5.02. The Hall–Kier alpha value is 3.35. The van der Waals surface area contributed by atoms with E-state index in [0.717, 1.165) is 0 Å². The molecule has 0 aliphatic rings. The maximum atomic E-state index is 2.67. The van der Waals surface area contributed by atoms with Crippen LogP contribution in [0, 0.1) is 0 Å². The van der Waals surface area contributed by atoms with E-state index in [9.17, 15) is 0 Å². The van der Waals surface area contributed by atoms with Gasteiger partial charge >= 0.3 is 125 Å². The van der Waals surface area contributed by atoms with Crippen molar-refractivity contribution >= 4 is 69.9 Å². The molecule has 0 nitrogen and oxygen atoms in total. The zero-order valence-corrected chi connectivity index (χ0v) is 22.8. The number of rotatable bonds is 9. The van der Waals surface area contributed by atoms with Crippen LogP contribution in [0.2, 0.25) is 20.6 Å². The first kappa shape index (κ1) is 18.3. The van der Waals surface area contributed by atoms with Crippen LogP contribution in [0.1, 0.15) is 34.6 Å². The van der Waals surface area contributed by atoms with Gasteiger partial charge in [0.25, 0.3) is 0 Å². The monoisotopic (exact) mass is 836 g/mol. The first-order valence-corrected chi connectivity index (χ1v) is 36.6. The zero-order chi connectivity index (χ0) is 11.7. The Labute approximate surface area is 123 Å². The van der Waals surface area contributed by atoms with E-state index in [1.165, 1.54) is 0 Å². The zero-order valence-electron chi connectivity index (χ0n) is 10.7. The fraction of sp³-hybridized carbons (Fsp3) is 1.00. The van der Waals surface area contributed by atoms with Crippen LogP contribution < -0.4 is 0 Å². The van der Waals surface area contributed by atoms with Gasteiger partial charge in [0.05, 0.1) is 0 Å². The third kappa shape index (κ3) is 8.97. The fourth-order valence-corrected chi connectivity index (χ4v) is 278. The van der Waals surface area contributed by atoms with E-state index in [0.29, 0.717) is 0 Å². The Bertz CT molecular complexity index is 125. The molecule has 0 N–H and O–H groups in total. The molecule has 0 bridgehead atoms. The molecule has 0 rings (SSSR count). The van der Waals surface area contributed by atoms with Crippen LogP contribution in [-0.4, -0.2) is 59.4 Å². The van der Waals surface area contributed by atoms with E-state index in [4.69, 9.17) is 0 Å². The summed E-state index contributed by atoms with van der Waals surface area (Å²) in [6.07, 6.45) is 0. The van der Waals surface area contributed by atoms with Crippen LogP contribution in [0.5, 0.6) is 0 Å². The molecule has 0 spiro atoms. The molecule has 0 radical (unpaired) electrons. The average Bonchev–Trinajstić information content (AvgIpc) is 2.30. The van der Waals surface area contributed by atoms with Crippen molar-refractivity contribution < 1.29 is 0 Å². The Morgan fingerprint density at radius 1 is 0.600 bits per heavy atom. The molecule has 0 unspecified atom stereocenters. The summed E-state index contributed by atoms with van der Waals surface area (Å²) in [4.78, 5) is 0. The first-order chi connectivity index (χ1) is 7.21. The van der Waals surface area contributed by atoms with Gasteiger partial charge in [-0.1, -0.05) is 0 Å². The summed E-state index contributed by atoms with van der Waals surface area (Å²) in [5.41, 5.74) is 0. The van der Waals surface area contributed by atoms with Gasteiger partial charge in [-0.05, 0) is 0 Å². The van der Waals surface area contributed by atoms with Gasteiger partial charge in [-0.25, -0.2) is 0 Å². The molecule has 0 aromatic rings. The summed E-state index contributed by atoms with van der Waals surface area (Å²) in [6.45, 7) is 12.3. The fourth-order valence-electron chi connectivity index (χ4n) is 1.07. The Morgan fingerprint density at radius 2 is 0.933 bits per heavy atom. The van der Waals surface area contributed by atoms with Gasteiger partial charge < -0.3 is 0 Å². The number of hydrogen-bond acceptors (Lipinski definition) is 2. The van der Waals surface area contributed by atoms with Gasteiger partial charge in [0.2, 0.25) is 0 Å². The Kier molecular flexibility index (Phi) is 15.2. The van der Waals surface area contributed by atoms with Gasteiger partial charge in [0, 0.05) is 0 Å². The Balaban J connectivity index is 4.00. The summed E-state index contributed by atoms with van der Waals surface area (Å²) in [5, 5.41) is 5.34. The third-order valence-corrected chi connectivity index (χ3v) is 154. The second kappa shape index (κ2) is 12.4. The third-order valence-electron chi connectivity index (χ3n) is 2.08. The van der Waals surface area contributed by atoms with E-state index >= 15 is 0 Å². The summed E-state index contributed by atoms with van der Waals surface area (Å²) in [7, 11) is 0. The quantitative estimate of drug-likeness (QED) is 0.300. The average molecular weight is 836 g/mol. The molecule has 0 amide bonds. The van der Waals surface area contributed by atoms with Crippen molar-refractivity contribution in [1.82, 2.24) is 0 Å². The van der Waals surface area contributed by atoms with E-state index in [-0.39, 0.29) is 0 Å². The van der Waals surface area contributed by atoms with Crippen LogP contribution in [0.3, 0.4) is 0 Å². The molecule has 0 aliphatic carbocycles. The van der Waals surface area contributed by atoms with Gasteiger partial charge in [0.15, 0.2) is 0 Å². The Morgan fingerprint density at radius 3 is 1.13 bits per heavy atom. The van der Waals surface area contributed by atoms with Crippen molar-refractivity contribution in [2.24, 2.45) is 0 Å². The predicted molar refractivity (Wildman–Crippen MR) is 84.8 cm³/mol. The van der Waals surface area contributed by atoms with Gasteiger partial charge in [-0.3, -0.25) is 0 Å². The van der Waals surface area contributed by atoms with Crippen molar-refractivity contribution in [3.8, 4) is 0 Å². The summed E-state index contributed by atoms with van der Waals surface area (Å²) in [6, 6.07) is 0. The van der Waals surface area contributed by atoms with E-state index in [1.807, 2.05) is 0 Å². The molecule has 92 valence electrons. The number of hydrogen-bond donors (Lipinski definition) is 0. The van der Waals surface area contributed by atoms with Gasteiger partial charge in [-0.15, -0.1) is 0 Å². The van der Waals surface area contributed by atoms with Crippen molar-refractivity contribution in [2.75, 3.05) is 0 Å². The van der Waals surface area contributed by atoms with Crippen LogP contribution in [0.4, 0.5) is 0 Å². The van der Waals surface area contributed by atoms with Crippen molar-refractivity contribution in [3.05, 3.63) is 0 Å². The summed E-state index contributed by atoms with van der Waals surface area (Å²) >= 11 is -2.93. The SMILES string of the molecule is C[CH2][Bi]([CH2]C)[S][Bi]([CH2]C)[S][Bi]([CH2]C)[CH2]C. The minimum absolute atomic E-state index is 0.948. The molecule has 0 saturated heterocycles. The molecule has 0 fully saturated rings. The van der Waals surface area contributed by atoms with Crippen molar-refractivity contribution in [2.45, 2.75) is 55.3 Å². The molecule has 0 atom stereocenters. The van der Waals surface area contributed by atoms with Crippen LogP contribution >= 0.6 is 10.5 Å². The molecule has 0 aliphatic heterocycles. The van der Waals surface area contributed by atoms with Crippen molar-refractivity contribution in [1.29, 1.82) is 0 Å². The van der Waals surface area contributed by atoms with Crippen LogP contribution in [0.25, 0.3) is 0 Å². The second-order valence-electron chi connectivity index (χ2n) is 3.04. The van der Waals surface area contributed by atoms with Crippen molar-refractivity contribution in [3.63, 3.8) is 0 Å². The van der Waals surface area contributed by atoms with Crippen LogP contribution in [-0.2, 0) is 0 Å². The standard InChI is InChI=1S/5C2H5.3Bi.2S/c5*1-2;;;;;/h5*1H2,2H3;;;;;. The normalized spacial score (nSPS) is 12.0. The molecule has 0 aromatic carbocycles. The van der Waals surface area contributed by atoms with E-state index in [1.54, 1.807) is 20.6 Å². The molecule has 0 saturated carbocycles. The van der Waals surface area contributed by atoms with Gasteiger partial charge in [-0.2, -0.15) is 0 Å². The topological polar surface area (TPSA) is 0 Å². The van der Waals surface area contributed by atoms with E-state index in [2.05, 4.69) is 45.2 Å². The molecular formula is C10H25Bi3S2. The molecule has 0 heterocycles. The summed E-state index contributed by atoms with van der Waals surface area (Å²) < 4.78 is 8.00. The minimum atomic E-state index is -1.03. The van der Waals surface area contributed by atoms with Crippen LogP contribution in [0.15, 0.2) is 0 Å². The van der Waals surface area contributed by atoms with Gasteiger partial charge in [0.1, 0.15) is 0 Å². The summed E-state index contributed by atoms with van der Waals surface area (Å²) in [5.74, 6) is 0. The molecule has 0 aromatic heterocycles. The molecule has 15 heavy (non-hydrogen) atoms. The molecule has 5 heteroatoms. The maximum absolute atomic E-state index is 2.67. The second-order valence-corrected chi connectivity index (χ2v) is 81.8. The molecular weight excluding hydrogens is 811 g/mol.